The number of aryl methyl sites for hydroxylation is 1. The molecule has 0 unspecified atom stereocenters. The minimum Gasteiger partial charge on any atom is -0.311 e. The predicted octanol–water partition coefficient (Wildman–Crippen LogP) is 4.67. The van der Waals surface area contributed by atoms with Crippen molar-refractivity contribution in [1.82, 2.24) is 14.8 Å². The van der Waals surface area contributed by atoms with Crippen LogP contribution in [0.25, 0.3) is 11.4 Å². The van der Waals surface area contributed by atoms with Crippen LogP contribution >= 0.6 is 0 Å². The summed E-state index contributed by atoms with van der Waals surface area (Å²) in [7, 11) is -3.71. The van der Waals surface area contributed by atoms with E-state index in [0.717, 1.165) is 55.0 Å². The number of sulfonamides is 1. The molecule has 1 aliphatic heterocycles. The molecule has 6 nitrogen and oxygen atoms in total. The number of nitrogens with zero attached hydrogens (tertiary/aromatic N) is 3. The van der Waals surface area contributed by atoms with Gasteiger partial charge in [0.15, 0.2) is 5.82 Å². The summed E-state index contributed by atoms with van der Waals surface area (Å²) < 4.78 is 31.0. The van der Waals surface area contributed by atoms with Crippen molar-refractivity contribution in [2.24, 2.45) is 5.92 Å². The van der Waals surface area contributed by atoms with Gasteiger partial charge in [-0.2, -0.15) is 0 Å². The van der Waals surface area contributed by atoms with E-state index in [1.54, 1.807) is 18.2 Å². The Bertz CT molecular complexity index is 1120. The van der Waals surface area contributed by atoms with Gasteiger partial charge in [-0.3, -0.25) is 4.72 Å². The first kappa shape index (κ1) is 20.6. The third-order valence-electron chi connectivity index (χ3n) is 5.40. The summed E-state index contributed by atoms with van der Waals surface area (Å²) in [4.78, 5) is 0.255. The molecule has 0 spiro atoms. The Kier molecular flexibility index (Phi) is 5.90. The summed E-state index contributed by atoms with van der Waals surface area (Å²) in [5.41, 5.74) is 2.40. The number of fused-ring (bicyclic) bond motifs is 1. The van der Waals surface area contributed by atoms with E-state index >= 15 is 0 Å². The molecule has 7 heteroatoms. The van der Waals surface area contributed by atoms with Gasteiger partial charge in [0.1, 0.15) is 5.82 Å². The van der Waals surface area contributed by atoms with Crippen LogP contribution in [-0.4, -0.2) is 23.2 Å². The summed E-state index contributed by atoms with van der Waals surface area (Å²) in [5, 5.41) is 8.75. The van der Waals surface area contributed by atoms with Crippen LogP contribution < -0.4 is 4.72 Å². The molecule has 0 radical (unpaired) electrons. The van der Waals surface area contributed by atoms with Gasteiger partial charge in [0.05, 0.1) is 10.6 Å². The van der Waals surface area contributed by atoms with Crippen molar-refractivity contribution in [1.29, 1.82) is 0 Å². The standard InChI is InChI=1S/C23H28N4O2S/c1-17(2)16-18-11-13-19(14-12-18)30(28,29)26-21-9-6-5-8-20(21)23-25-24-22-10-4-3-7-15-27(22)23/h5-6,8-9,11-14,17,26H,3-4,7,10,15-16H2,1-2H3. The van der Waals surface area contributed by atoms with Crippen LogP contribution in [0, 0.1) is 5.92 Å². The number of para-hydroxylation sites is 1. The summed E-state index contributed by atoms with van der Waals surface area (Å²) in [6, 6.07) is 14.5. The number of nitrogens with one attached hydrogen (secondary N) is 1. The van der Waals surface area contributed by atoms with E-state index in [1.807, 2.05) is 30.3 Å². The normalized spacial score (nSPS) is 14.4. The maximum atomic E-state index is 13.0. The molecule has 0 saturated heterocycles. The molecule has 1 N–H and O–H groups in total. The number of hydrogen-bond donors (Lipinski definition) is 1. The fourth-order valence-corrected chi connectivity index (χ4v) is 5.01. The first-order chi connectivity index (χ1) is 14.4. The summed E-state index contributed by atoms with van der Waals surface area (Å²) >= 11 is 0. The summed E-state index contributed by atoms with van der Waals surface area (Å²) in [6.45, 7) is 5.15. The lowest BCUT2D eigenvalue weighted by molar-refractivity contribution is 0.601. The number of benzene rings is 2. The topological polar surface area (TPSA) is 76.9 Å². The molecule has 1 aromatic heterocycles. The van der Waals surface area contributed by atoms with Gasteiger partial charge in [-0.1, -0.05) is 44.5 Å². The molecule has 0 amide bonds. The molecule has 2 aromatic carbocycles. The van der Waals surface area contributed by atoms with Crippen molar-refractivity contribution in [2.75, 3.05) is 4.72 Å². The Labute approximate surface area is 178 Å². The van der Waals surface area contributed by atoms with Gasteiger partial charge < -0.3 is 4.57 Å². The number of rotatable bonds is 6. The van der Waals surface area contributed by atoms with E-state index in [2.05, 4.69) is 33.3 Å². The van der Waals surface area contributed by atoms with Gasteiger partial charge in [-0.05, 0) is 55.0 Å². The molecule has 2 heterocycles. The smallest absolute Gasteiger partial charge is 0.261 e. The fraction of sp³-hybridized carbons (Fsp3) is 0.391. The second kappa shape index (κ2) is 8.60. The molecule has 0 aliphatic carbocycles. The summed E-state index contributed by atoms with van der Waals surface area (Å²) in [5.74, 6) is 2.22. The van der Waals surface area contributed by atoms with Gasteiger partial charge >= 0.3 is 0 Å². The van der Waals surface area contributed by atoms with Gasteiger partial charge in [0, 0.05) is 18.5 Å². The lowest BCUT2D eigenvalue weighted by atomic mass is 10.0. The predicted molar refractivity (Wildman–Crippen MR) is 119 cm³/mol. The maximum Gasteiger partial charge on any atom is 0.261 e. The Morgan fingerprint density at radius 1 is 1.00 bits per heavy atom. The van der Waals surface area contributed by atoms with Crippen molar-refractivity contribution in [2.45, 2.75) is 57.4 Å². The third-order valence-corrected chi connectivity index (χ3v) is 6.78. The van der Waals surface area contributed by atoms with Crippen molar-refractivity contribution in [3.63, 3.8) is 0 Å². The second-order valence-electron chi connectivity index (χ2n) is 8.30. The molecular weight excluding hydrogens is 396 g/mol. The van der Waals surface area contributed by atoms with E-state index in [-0.39, 0.29) is 4.90 Å². The minimum absolute atomic E-state index is 0.255. The molecule has 30 heavy (non-hydrogen) atoms. The van der Waals surface area contributed by atoms with Crippen LogP contribution in [0.3, 0.4) is 0 Å². The first-order valence-electron chi connectivity index (χ1n) is 10.6. The fourth-order valence-electron chi connectivity index (χ4n) is 3.93. The number of hydrogen-bond acceptors (Lipinski definition) is 4. The highest BCUT2D eigenvalue weighted by molar-refractivity contribution is 7.92. The Morgan fingerprint density at radius 3 is 2.53 bits per heavy atom. The zero-order valence-corrected chi connectivity index (χ0v) is 18.3. The SMILES string of the molecule is CC(C)Cc1ccc(S(=O)(=O)Nc2ccccc2-c2nnc3n2CCCCC3)cc1. The molecule has 4 rings (SSSR count). The van der Waals surface area contributed by atoms with Crippen LogP contribution in [0.2, 0.25) is 0 Å². The number of aromatic nitrogens is 3. The van der Waals surface area contributed by atoms with Crippen molar-refractivity contribution in [3.05, 3.63) is 59.9 Å². The molecule has 0 bridgehead atoms. The van der Waals surface area contributed by atoms with Crippen LogP contribution in [-0.2, 0) is 29.4 Å². The third kappa shape index (κ3) is 4.41. The molecule has 0 fully saturated rings. The second-order valence-corrected chi connectivity index (χ2v) is 9.98. The van der Waals surface area contributed by atoms with Crippen LogP contribution in [0.5, 0.6) is 0 Å². The first-order valence-corrected chi connectivity index (χ1v) is 12.1. The van der Waals surface area contributed by atoms with Gasteiger partial charge in [0.2, 0.25) is 0 Å². The molecule has 0 saturated carbocycles. The van der Waals surface area contributed by atoms with Gasteiger partial charge in [-0.15, -0.1) is 10.2 Å². The van der Waals surface area contributed by atoms with Crippen LogP contribution in [0.1, 0.15) is 44.5 Å². The molecule has 158 valence electrons. The molecule has 3 aromatic rings. The highest BCUT2D eigenvalue weighted by Crippen LogP contribution is 2.30. The quantitative estimate of drug-likeness (QED) is 0.624. The minimum atomic E-state index is -3.71. The van der Waals surface area contributed by atoms with E-state index in [1.165, 1.54) is 6.42 Å². The van der Waals surface area contributed by atoms with Crippen molar-refractivity contribution < 1.29 is 8.42 Å². The van der Waals surface area contributed by atoms with E-state index in [4.69, 9.17) is 0 Å². The molecular formula is C23H28N4O2S. The highest BCUT2D eigenvalue weighted by Gasteiger charge is 2.21. The van der Waals surface area contributed by atoms with Crippen molar-refractivity contribution >= 4 is 15.7 Å². The lowest BCUT2D eigenvalue weighted by Gasteiger charge is -2.14. The maximum absolute atomic E-state index is 13.0. The van der Waals surface area contributed by atoms with Gasteiger partial charge in [-0.25, -0.2) is 8.42 Å². The van der Waals surface area contributed by atoms with Crippen molar-refractivity contribution in [3.8, 4) is 11.4 Å². The van der Waals surface area contributed by atoms with Crippen LogP contribution in [0.4, 0.5) is 5.69 Å². The highest BCUT2D eigenvalue weighted by atomic mass is 32.2. The van der Waals surface area contributed by atoms with Gasteiger partial charge in [0.25, 0.3) is 10.0 Å². The zero-order chi connectivity index (χ0) is 21.1. The lowest BCUT2D eigenvalue weighted by Crippen LogP contribution is -2.14. The number of anilines is 1. The Balaban J connectivity index is 1.64. The van der Waals surface area contributed by atoms with E-state index < -0.39 is 10.0 Å². The zero-order valence-electron chi connectivity index (χ0n) is 17.5. The average molecular weight is 425 g/mol. The largest absolute Gasteiger partial charge is 0.311 e. The Morgan fingerprint density at radius 2 is 1.77 bits per heavy atom. The Hall–Kier alpha value is -2.67. The molecule has 1 aliphatic rings. The average Bonchev–Trinajstić information content (AvgIpc) is 2.96. The van der Waals surface area contributed by atoms with E-state index in [9.17, 15) is 8.42 Å². The monoisotopic (exact) mass is 424 g/mol. The van der Waals surface area contributed by atoms with Crippen LogP contribution in [0.15, 0.2) is 53.4 Å². The summed E-state index contributed by atoms with van der Waals surface area (Å²) in [6.07, 6.45) is 5.19. The van der Waals surface area contributed by atoms with E-state index in [0.29, 0.717) is 11.6 Å². The molecule has 0 atom stereocenters.